The minimum atomic E-state index is -3.25. The fraction of sp³-hybridized carbons (Fsp3) is 0.600. The Kier molecular flexibility index (Phi) is 8.00. The lowest BCUT2D eigenvalue weighted by Gasteiger charge is -2.08. The third kappa shape index (κ3) is 7.15. The van der Waals surface area contributed by atoms with Gasteiger partial charge in [0.25, 0.3) is 0 Å². The molecule has 0 saturated heterocycles. The number of nitrogens with one attached hydrogen (secondary N) is 1. The number of aryl methyl sites for hydroxylation is 1. The zero-order valence-electron chi connectivity index (χ0n) is 12.1. The third-order valence-electron chi connectivity index (χ3n) is 3.09. The van der Waals surface area contributed by atoms with Gasteiger partial charge in [-0.1, -0.05) is 31.9 Å². The van der Waals surface area contributed by atoms with Crippen molar-refractivity contribution in [2.24, 2.45) is 0 Å². The predicted molar refractivity (Wildman–Crippen MR) is 87.0 cm³/mol. The van der Waals surface area contributed by atoms with Gasteiger partial charge in [-0.2, -0.15) is 0 Å². The molecule has 0 aliphatic carbocycles. The van der Waals surface area contributed by atoms with Crippen molar-refractivity contribution in [2.75, 3.05) is 16.4 Å². The average molecular weight is 318 g/mol. The zero-order valence-corrected chi connectivity index (χ0v) is 13.6. The smallest absolute Gasteiger partial charge is 0.232 e. The van der Waals surface area contributed by atoms with Gasteiger partial charge < -0.3 is 0 Å². The molecule has 20 heavy (non-hydrogen) atoms. The van der Waals surface area contributed by atoms with Crippen molar-refractivity contribution >= 4 is 27.3 Å². The summed E-state index contributed by atoms with van der Waals surface area (Å²) in [5.41, 5.74) is 1.89. The van der Waals surface area contributed by atoms with Crippen molar-refractivity contribution in [1.29, 1.82) is 0 Å². The first-order valence-electron chi connectivity index (χ1n) is 7.23. The quantitative estimate of drug-likeness (QED) is 0.520. The molecular weight excluding hydrogens is 294 g/mol. The summed E-state index contributed by atoms with van der Waals surface area (Å²) in [6.07, 6.45) is 5.98. The maximum absolute atomic E-state index is 11.8. The maximum atomic E-state index is 11.8. The minimum Gasteiger partial charge on any atom is -0.284 e. The first kappa shape index (κ1) is 17.3. The van der Waals surface area contributed by atoms with E-state index in [4.69, 9.17) is 11.6 Å². The van der Waals surface area contributed by atoms with Crippen molar-refractivity contribution in [3.8, 4) is 0 Å². The number of hydrogen-bond acceptors (Lipinski definition) is 2. The molecule has 0 saturated carbocycles. The lowest BCUT2D eigenvalue weighted by molar-refractivity contribution is 0.598. The lowest BCUT2D eigenvalue weighted by Crippen LogP contribution is -2.16. The molecule has 0 atom stereocenters. The van der Waals surface area contributed by atoms with Crippen LogP contribution in [0.15, 0.2) is 24.3 Å². The monoisotopic (exact) mass is 317 g/mol. The molecule has 0 aliphatic rings. The van der Waals surface area contributed by atoms with Gasteiger partial charge >= 0.3 is 0 Å². The zero-order chi connectivity index (χ0) is 14.8. The first-order chi connectivity index (χ1) is 9.57. The Bertz CT molecular complexity index is 471. The molecule has 0 radical (unpaired) electrons. The largest absolute Gasteiger partial charge is 0.284 e. The van der Waals surface area contributed by atoms with Crippen molar-refractivity contribution in [2.45, 2.75) is 45.4 Å². The molecule has 1 aromatic rings. The summed E-state index contributed by atoms with van der Waals surface area (Å²) in [6, 6.07) is 7.65. The Morgan fingerprint density at radius 2 is 1.75 bits per heavy atom. The van der Waals surface area contributed by atoms with E-state index < -0.39 is 10.0 Å². The second-order valence-corrected chi connectivity index (χ2v) is 7.19. The van der Waals surface area contributed by atoms with Gasteiger partial charge in [0.1, 0.15) is 0 Å². The van der Waals surface area contributed by atoms with E-state index in [-0.39, 0.29) is 5.75 Å². The summed E-state index contributed by atoms with van der Waals surface area (Å²) in [6.45, 7) is 2.18. The van der Waals surface area contributed by atoms with Crippen molar-refractivity contribution in [1.82, 2.24) is 0 Å². The van der Waals surface area contributed by atoms with Crippen LogP contribution in [0.1, 0.15) is 44.6 Å². The molecule has 0 fully saturated rings. The fourth-order valence-corrected chi connectivity index (χ4v) is 3.31. The van der Waals surface area contributed by atoms with Crippen LogP contribution >= 0.6 is 11.6 Å². The Morgan fingerprint density at radius 1 is 1.05 bits per heavy atom. The van der Waals surface area contributed by atoms with Crippen LogP contribution in [0.4, 0.5) is 5.69 Å². The Balaban J connectivity index is 2.47. The Morgan fingerprint density at radius 3 is 2.35 bits per heavy atom. The van der Waals surface area contributed by atoms with E-state index in [1.165, 1.54) is 24.8 Å². The standard InChI is InChI=1S/C15H24ClNO2S/c1-2-3-4-7-14-8-10-15(11-9-14)17-20(18,19)13-6-5-12-16/h8-11,17H,2-7,12-13H2,1H3. The number of unbranched alkanes of at least 4 members (excludes halogenated alkanes) is 3. The van der Waals surface area contributed by atoms with E-state index in [1.54, 1.807) is 0 Å². The number of sulfonamides is 1. The average Bonchev–Trinajstić information content (AvgIpc) is 2.41. The van der Waals surface area contributed by atoms with Crippen LogP contribution in [0.3, 0.4) is 0 Å². The van der Waals surface area contributed by atoms with Crippen LogP contribution in [-0.4, -0.2) is 20.1 Å². The molecule has 1 aromatic carbocycles. The highest BCUT2D eigenvalue weighted by molar-refractivity contribution is 7.92. The summed E-state index contributed by atoms with van der Waals surface area (Å²) in [5.74, 6) is 0.625. The van der Waals surface area contributed by atoms with Gasteiger partial charge in [0.05, 0.1) is 5.75 Å². The third-order valence-corrected chi connectivity index (χ3v) is 4.73. The summed E-state index contributed by atoms with van der Waals surface area (Å²) in [4.78, 5) is 0. The van der Waals surface area contributed by atoms with Gasteiger partial charge in [-0.05, 0) is 43.4 Å². The van der Waals surface area contributed by atoms with Gasteiger partial charge in [0.2, 0.25) is 10.0 Å². The highest BCUT2D eigenvalue weighted by Gasteiger charge is 2.09. The topological polar surface area (TPSA) is 46.2 Å². The summed E-state index contributed by atoms with van der Waals surface area (Å²) >= 11 is 5.54. The number of hydrogen-bond donors (Lipinski definition) is 1. The maximum Gasteiger partial charge on any atom is 0.232 e. The Labute approximate surface area is 127 Å². The van der Waals surface area contributed by atoms with Gasteiger partial charge in [0, 0.05) is 11.6 Å². The molecule has 0 aliphatic heterocycles. The lowest BCUT2D eigenvalue weighted by atomic mass is 10.1. The molecule has 1 N–H and O–H groups in total. The number of anilines is 1. The van der Waals surface area contributed by atoms with Crippen LogP contribution in [0.25, 0.3) is 0 Å². The van der Waals surface area contributed by atoms with Crippen LogP contribution in [-0.2, 0) is 16.4 Å². The van der Waals surface area contributed by atoms with Crippen LogP contribution < -0.4 is 4.72 Å². The van der Waals surface area contributed by atoms with Gasteiger partial charge in [-0.25, -0.2) is 8.42 Å². The first-order valence-corrected chi connectivity index (χ1v) is 9.41. The van der Waals surface area contributed by atoms with Crippen LogP contribution in [0.5, 0.6) is 0 Å². The molecule has 0 aromatic heterocycles. The Hall–Kier alpha value is -0.740. The second-order valence-electron chi connectivity index (χ2n) is 4.97. The SMILES string of the molecule is CCCCCc1ccc(NS(=O)(=O)CCCCCl)cc1. The molecule has 114 valence electrons. The van der Waals surface area contributed by atoms with Gasteiger partial charge in [0.15, 0.2) is 0 Å². The van der Waals surface area contributed by atoms with E-state index >= 15 is 0 Å². The molecular formula is C15H24ClNO2S. The van der Waals surface area contributed by atoms with E-state index in [0.29, 0.717) is 18.0 Å². The van der Waals surface area contributed by atoms with E-state index in [0.717, 1.165) is 12.8 Å². The van der Waals surface area contributed by atoms with Gasteiger partial charge in [-0.15, -0.1) is 11.6 Å². The summed E-state index contributed by atoms with van der Waals surface area (Å²) < 4.78 is 26.2. The highest BCUT2D eigenvalue weighted by Crippen LogP contribution is 2.14. The normalized spacial score (nSPS) is 11.5. The molecule has 0 unspecified atom stereocenters. The molecule has 1 rings (SSSR count). The number of halogens is 1. The van der Waals surface area contributed by atoms with E-state index in [2.05, 4.69) is 11.6 Å². The van der Waals surface area contributed by atoms with E-state index in [1.807, 2.05) is 24.3 Å². The number of alkyl halides is 1. The number of benzene rings is 1. The van der Waals surface area contributed by atoms with E-state index in [9.17, 15) is 8.42 Å². The molecule has 0 amide bonds. The summed E-state index contributed by atoms with van der Waals surface area (Å²) in [7, 11) is -3.25. The minimum absolute atomic E-state index is 0.123. The highest BCUT2D eigenvalue weighted by atomic mass is 35.5. The second kappa shape index (κ2) is 9.24. The van der Waals surface area contributed by atoms with Gasteiger partial charge in [-0.3, -0.25) is 4.72 Å². The predicted octanol–water partition coefficient (Wildman–Crippen LogP) is 4.18. The number of rotatable bonds is 10. The molecule has 3 nitrogen and oxygen atoms in total. The van der Waals surface area contributed by atoms with Crippen molar-refractivity contribution in [3.63, 3.8) is 0 Å². The molecule has 0 heterocycles. The molecule has 0 spiro atoms. The summed E-state index contributed by atoms with van der Waals surface area (Å²) in [5, 5.41) is 0. The van der Waals surface area contributed by atoms with Crippen LogP contribution in [0.2, 0.25) is 0 Å². The fourth-order valence-electron chi connectivity index (χ4n) is 1.94. The molecule has 0 bridgehead atoms. The van der Waals surface area contributed by atoms with Crippen molar-refractivity contribution < 1.29 is 8.42 Å². The van der Waals surface area contributed by atoms with Crippen molar-refractivity contribution in [3.05, 3.63) is 29.8 Å². The van der Waals surface area contributed by atoms with Crippen LogP contribution in [0, 0.1) is 0 Å². The molecule has 5 heteroatoms.